The zero-order valence-corrected chi connectivity index (χ0v) is 14.4. The Kier molecular flexibility index (Phi) is 5.05. The van der Waals surface area contributed by atoms with Crippen LogP contribution in [0.1, 0.15) is 38.5 Å². The number of rotatable bonds is 4. The number of piperazine rings is 1. The third-order valence-electron chi connectivity index (χ3n) is 5.44. The smallest absolute Gasteiger partial charge is 0.246 e. The van der Waals surface area contributed by atoms with E-state index in [9.17, 15) is 9.59 Å². The molecule has 1 saturated carbocycles. The number of amides is 2. The van der Waals surface area contributed by atoms with Crippen molar-refractivity contribution in [1.82, 2.24) is 14.7 Å². The third kappa shape index (κ3) is 3.60. The van der Waals surface area contributed by atoms with Crippen LogP contribution in [0.3, 0.4) is 0 Å². The van der Waals surface area contributed by atoms with Crippen LogP contribution in [0.25, 0.3) is 0 Å². The summed E-state index contributed by atoms with van der Waals surface area (Å²) in [7, 11) is 3.98. The van der Waals surface area contributed by atoms with Crippen molar-refractivity contribution >= 4 is 11.8 Å². The van der Waals surface area contributed by atoms with Crippen LogP contribution in [0.4, 0.5) is 0 Å². The molecular formula is C18H29N3O2. The van der Waals surface area contributed by atoms with Gasteiger partial charge in [-0.2, -0.15) is 0 Å². The molecule has 2 bridgehead atoms. The van der Waals surface area contributed by atoms with E-state index < -0.39 is 0 Å². The molecule has 128 valence electrons. The van der Waals surface area contributed by atoms with E-state index in [1.54, 1.807) is 6.08 Å². The Labute approximate surface area is 139 Å². The van der Waals surface area contributed by atoms with Crippen LogP contribution >= 0.6 is 0 Å². The van der Waals surface area contributed by atoms with Gasteiger partial charge in [-0.05, 0) is 33.4 Å². The van der Waals surface area contributed by atoms with Crippen molar-refractivity contribution in [3.05, 3.63) is 12.2 Å². The van der Waals surface area contributed by atoms with E-state index in [1.807, 2.05) is 34.9 Å². The number of fused-ring (bicyclic) bond motifs is 2. The van der Waals surface area contributed by atoms with Crippen LogP contribution in [-0.2, 0) is 9.59 Å². The van der Waals surface area contributed by atoms with E-state index >= 15 is 0 Å². The van der Waals surface area contributed by atoms with E-state index in [0.717, 1.165) is 38.9 Å². The van der Waals surface area contributed by atoms with Crippen molar-refractivity contribution in [2.75, 3.05) is 33.7 Å². The Morgan fingerprint density at radius 2 is 1.74 bits per heavy atom. The fourth-order valence-electron chi connectivity index (χ4n) is 4.21. The summed E-state index contributed by atoms with van der Waals surface area (Å²) in [6.45, 7) is 2.25. The van der Waals surface area contributed by atoms with Gasteiger partial charge in [0.1, 0.15) is 0 Å². The molecule has 0 aromatic rings. The zero-order chi connectivity index (χ0) is 16.4. The number of carbonyl (C=O) groups is 2. The van der Waals surface area contributed by atoms with Gasteiger partial charge < -0.3 is 14.7 Å². The highest BCUT2D eigenvalue weighted by molar-refractivity contribution is 5.89. The monoisotopic (exact) mass is 319 g/mol. The largest absolute Gasteiger partial charge is 0.338 e. The molecule has 5 heteroatoms. The maximum absolute atomic E-state index is 12.6. The Balaban J connectivity index is 1.52. The van der Waals surface area contributed by atoms with E-state index in [1.165, 1.54) is 19.3 Å². The minimum absolute atomic E-state index is 0.109. The van der Waals surface area contributed by atoms with Crippen LogP contribution in [0.15, 0.2) is 12.2 Å². The van der Waals surface area contributed by atoms with Gasteiger partial charge in [-0.3, -0.25) is 9.59 Å². The summed E-state index contributed by atoms with van der Waals surface area (Å²) in [5, 5.41) is 0. The van der Waals surface area contributed by atoms with Crippen LogP contribution in [0, 0.1) is 5.92 Å². The Morgan fingerprint density at radius 1 is 1.09 bits per heavy atom. The van der Waals surface area contributed by atoms with Gasteiger partial charge in [0, 0.05) is 31.6 Å². The molecule has 0 N–H and O–H groups in total. The van der Waals surface area contributed by atoms with Crippen molar-refractivity contribution in [2.24, 2.45) is 5.92 Å². The maximum atomic E-state index is 12.6. The average Bonchev–Trinajstić information content (AvgIpc) is 2.54. The normalized spacial score (nSPS) is 28.3. The second-order valence-electron chi connectivity index (χ2n) is 7.53. The third-order valence-corrected chi connectivity index (χ3v) is 5.44. The van der Waals surface area contributed by atoms with Crippen LogP contribution in [0.2, 0.25) is 0 Å². The van der Waals surface area contributed by atoms with Gasteiger partial charge in [-0.1, -0.05) is 25.3 Å². The predicted molar refractivity (Wildman–Crippen MR) is 89.9 cm³/mol. The summed E-state index contributed by atoms with van der Waals surface area (Å²) >= 11 is 0. The summed E-state index contributed by atoms with van der Waals surface area (Å²) < 4.78 is 0. The second-order valence-corrected chi connectivity index (χ2v) is 7.53. The molecular weight excluding hydrogens is 290 g/mol. The Bertz CT molecular complexity index is 471. The first-order valence-corrected chi connectivity index (χ1v) is 8.98. The number of hydrogen-bond donors (Lipinski definition) is 0. The average molecular weight is 319 g/mol. The lowest BCUT2D eigenvalue weighted by Gasteiger charge is -2.56. The summed E-state index contributed by atoms with van der Waals surface area (Å²) in [5.41, 5.74) is 0. The number of carbonyl (C=O) groups excluding carboxylic acids is 2. The summed E-state index contributed by atoms with van der Waals surface area (Å²) in [5.74, 6) is 0.693. The number of hydrogen-bond acceptors (Lipinski definition) is 3. The number of piperidine rings is 1. The lowest BCUT2D eigenvalue weighted by molar-refractivity contribution is -0.159. The molecule has 0 spiro atoms. The molecule has 2 amide bonds. The molecule has 4 rings (SSSR count). The summed E-state index contributed by atoms with van der Waals surface area (Å²) in [6.07, 6.45) is 10.4. The molecule has 0 radical (unpaired) electrons. The Hall–Kier alpha value is -1.36. The van der Waals surface area contributed by atoms with Gasteiger partial charge in [0.05, 0.1) is 12.1 Å². The zero-order valence-electron chi connectivity index (χ0n) is 14.4. The summed E-state index contributed by atoms with van der Waals surface area (Å²) in [4.78, 5) is 31.0. The maximum Gasteiger partial charge on any atom is 0.246 e. The van der Waals surface area contributed by atoms with Crippen LogP contribution in [-0.4, -0.2) is 72.3 Å². The number of nitrogens with zero attached hydrogens (tertiary/aromatic N) is 3. The highest BCUT2D eigenvalue weighted by Gasteiger charge is 2.48. The van der Waals surface area contributed by atoms with Crippen LogP contribution in [0.5, 0.6) is 0 Å². The van der Waals surface area contributed by atoms with E-state index in [2.05, 4.69) is 0 Å². The highest BCUT2D eigenvalue weighted by Crippen LogP contribution is 2.34. The van der Waals surface area contributed by atoms with Gasteiger partial charge in [0.25, 0.3) is 0 Å². The highest BCUT2D eigenvalue weighted by atomic mass is 16.2. The molecule has 5 nitrogen and oxygen atoms in total. The lowest BCUT2D eigenvalue weighted by Crippen LogP contribution is -2.71. The van der Waals surface area contributed by atoms with Crippen molar-refractivity contribution < 1.29 is 9.59 Å². The van der Waals surface area contributed by atoms with Crippen molar-refractivity contribution in [3.63, 3.8) is 0 Å². The van der Waals surface area contributed by atoms with Gasteiger partial charge in [-0.25, -0.2) is 0 Å². The molecule has 23 heavy (non-hydrogen) atoms. The SMILES string of the molecule is CN(C)C/C=C/C(=O)N1C2CC1CN(C(=O)C1CCCCC1)C2. The van der Waals surface area contributed by atoms with Crippen molar-refractivity contribution in [3.8, 4) is 0 Å². The molecule has 0 aromatic heterocycles. The molecule has 0 aromatic carbocycles. The van der Waals surface area contributed by atoms with E-state index in [0.29, 0.717) is 5.91 Å². The second kappa shape index (κ2) is 7.04. The molecule has 4 aliphatic rings. The predicted octanol–water partition coefficient (Wildman–Crippen LogP) is 1.50. The van der Waals surface area contributed by atoms with Crippen molar-refractivity contribution in [1.29, 1.82) is 0 Å². The van der Waals surface area contributed by atoms with E-state index in [4.69, 9.17) is 0 Å². The standard InChI is InChI=1S/C18H29N3O2/c1-19(2)10-6-9-17(22)21-15-11-16(21)13-20(12-15)18(23)14-7-4-3-5-8-14/h6,9,14-16H,3-5,7-8,10-13H2,1-2H3/b9-6+. The van der Waals surface area contributed by atoms with Gasteiger partial charge in [0.2, 0.25) is 11.8 Å². The molecule has 2 unspecified atom stereocenters. The van der Waals surface area contributed by atoms with Gasteiger partial charge >= 0.3 is 0 Å². The molecule has 4 fully saturated rings. The Morgan fingerprint density at radius 3 is 2.35 bits per heavy atom. The van der Waals surface area contributed by atoms with Crippen LogP contribution < -0.4 is 0 Å². The molecule has 3 saturated heterocycles. The minimum atomic E-state index is 0.109. The molecule has 3 aliphatic heterocycles. The topological polar surface area (TPSA) is 43.9 Å². The first kappa shape index (κ1) is 16.5. The summed E-state index contributed by atoms with van der Waals surface area (Å²) in [6, 6.07) is 0.468. The molecule has 3 heterocycles. The fourth-order valence-corrected chi connectivity index (χ4v) is 4.21. The lowest BCUT2D eigenvalue weighted by atomic mass is 9.84. The van der Waals surface area contributed by atoms with Gasteiger partial charge in [0.15, 0.2) is 0 Å². The quantitative estimate of drug-likeness (QED) is 0.738. The molecule has 2 atom stereocenters. The minimum Gasteiger partial charge on any atom is -0.338 e. The van der Waals surface area contributed by atoms with Crippen molar-refractivity contribution in [2.45, 2.75) is 50.6 Å². The first-order valence-electron chi connectivity index (χ1n) is 8.98. The number of likely N-dealkylation sites (N-methyl/N-ethyl adjacent to an activating group) is 1. The first-order chi connectivity index (χ1) is 11.1. The fraction of sp³-hybridized carbons (Fsp3) is 0.778. The van der Waals surface area contributed by atoms with E-state index in [-0.39, 0.29) is 23.9 Å². The van der Waals surface area contributed by atoms with Gasteiger partial charge in [-0.15, -0.1) is 0 Å². The molecule has 1 aliphatic carbocycles.